The predicted octanol–water partition coefficient (Wildman–Crippen LogP) is 3.02. The SMILES string of the molecule is COc1ccc(-c2oncc2C(=O)NC2CCCC2)cc1. The molecule has 1 heterocycles. The summed E-state index contributed by atoms with van der Waals surface area (Å²) in [4.78, 5) is 12.3. The lowest BCUT2D eigenvalue weighted by Gasteiger charge is -2.11. The van der Waals surface area contributed by atoms with Crippen LogP contribution in [0.15, 0.2) is 35.0 Å². The Bertz CT molecular complexity index is 613. The molecule has 0 radical (unpaired) electrons. The quantitative estimate of drug-likeness (QED) is 0.938. The molecule has 0 atom stereocenters. The van der Waals surface area contributed by atoms with Gasteiger partial charge < -0.3 is 14.6 Å². The van der Waals surface area contributed by atoms with Crippen molar-refractivity contribution >= 4 is 5.91 Å². The Morgan fingerprint density at radius 3 is 2.67 bits per heavy atom. The molecule has 5 nitrogen and oxygen atoms in total. The van der Waals surface area contributed by atoms with Crippen LogP contribution < -0.4 is 10.1 Å². The van der Waals surface area contributed by atoms with Crippen molar-refractivity contribution in [2.75, 3.05) is 7.11 Å². The fourth-order valence-electron chi connectivity index (χ4n) is 2.69. The van der Waals surface area contributed by atoms with E-state index in [1.807, 2.05) is 24.3 Å². The average molecular weight is 286 g/mol. The Balaban J connectivity index is 1.80. The molecule has 0 aliphatic heterocycles. The minimum atomic E-state index is -0.117. The van der Waals surface area contributed by atoms with Crippen LogP contribution >= 0.6 is 0 Å². The lowest BCUT2D eigenvalue weighted by atomic mass is 10.1. The monoisotopic (exact) mass is 286 g/mol. The van der Waals surface area contributed by atoms with Crippen LogP contribution in [0, 0.1) is 0 Å². The molecule has 1 saturated carbocycles. The van der Waals surface area contributed by atoms with Crippen LogP contribution in [0.1, 0.15) is 36.0 Å². The van der Waals surface area contributed by atoms with Crippen molar-refractivity contribution in [3.63, 3.8) is 0 Å². The lowest BCUT2D eigenvalue weighted by Crippen LogP contribution is -2.32. The molecule has 2 aromatic rings. The van der Waals surface area contributed by atoms with E-state index < -0.39 is 0 Å². The van der Waals surface area contributed by atoms with Gasteiger partial charge in [-0.1, -0.05) is 18.0 Å². The van der Waals surface area contributed by atoms with E-state index in [9.17, 15) is 4.79 Å². The van der Waals surface area contributed by atoms with Gasteiger partial charge in [0.15, 0.2) is 5.76 Å². The normalized spacial score (nSPS) is 15.1. The van der Waals surface area contributed by atoms with Crippen LogP contribution in [0.25, 0.3) is 11.3 Å². The maximum Gasteiger partial charge on any atom is 0.257 e. The summed E-state index contributed by atoms with van der Waals surface area (Å²) in [5.74, 6) is 1.14. The number of amides is 1. The van der Waals surface area contributed by atoms with Crippen molar-refractivity contribution in [2.45, 2.75) is 31.7 Å². The van der Waals surface area contributed by atoms with E-state index in [1.54, 1.807) is 7.11 Å². The maximum absolute atomic E-state index is 12.3. The molecule has 110 valence electrons. The number of methoxy groups -OCH3 is 1. The molecule has 0 saturated heterocycles. The zero-order valence-electron chi connectivity index (χ0n) is 12.0. The van der Waals surface area contributed by atoms with E-state index in [0.717, 1.165) is 24.2 Å². The predicted molar refractivity (Wildman–Crippen MR) is 78.2 cm³/mol. The molecule has 1 aliphatic carbocycles. The summed E-state index contributed by atoms with van der Waals surface area (Å²) in [7, 11) is 1.62. The summed E-state index contributed by atoms with van der Waals surface area (Å²) in [6.07, 6.45) is 5.94. The first kappa shape index (κ1) is 13.7. The van der Waals surface area contributed by atoms with Gasteiger partial charge in [0, 0.05) is 11.6 Å². The Morgan fingerprint density at radius 1 is 1.29 bits per heavy atom. The molecule has 1 amide bonds. The van der Waals surface area contributed by atoms with Crippen LogP contribution in [-0.2, 0) is 0 Å². The molecule has 0 spiro atoms. The highest BCUT2D eigenvalue weighted by atomic mass is 16.5. The topological polar surface area (TPSA) is 64.4 Å². The molecule has 3 rings (SSSR count). The molecule has 1 aromatic carbocycles. The fourth-order valence-corrected chi connectivity index (χ4v) is 2.69. The third-order valence-electron chi connectivity index (χ3n) is 3.86. The van der Waals surface area contributed by atoms with Gasteiger partial charge in [0.05, 0.1) is 13.3 Å². The molecule has 1 aliphatic rings. The number of rotatable bonds is 4. The molecule has 0 bridgehead atoms. The summed E-state index contributed by atoms with van der Waals surface area (Å²) in [5.41, 5.74) is 1.29. The number of aromatic nitrogens is 1. The summed E-state index contributed by atoms with van der Waals surface area (Å²) in [6, 6.07) is 7.64. The maximum atomic E-state index is 12.3. The Labute approximate surface area is 123 Å². The van der Waals surface area contributed by atoms with Gasteiger partial charge in [-0.05, 0) is 37.1 Å². The summed E-state index contributed by atoms with van der Waals surface area (Å²) >= 11 is 0. The molecular weight excluding hydrogens is 268 g/mol. The molecule has 1 fully saturated rings. The van der Waals surface area contributed by atoms with Crippen LogP contribution in [0.3, 0.4) is 0 Å². The Hall–Kier alpha value is -2.30. The molecule has 21 heavy (non-hydrogen) atoms. The minimum Gasteiger partial charge on any atom is -0.497 e. The minimum absolute atomic E-state index is 0.117. The fraction of sp³-hybridized carbons (Fsp3) is 0.375. The van der Waals surface area contributed by atoms with Gasteiger partial charge in [-0.25, -0.2) is 0 Å². The average Bonchev–Trinajstić information content (AvgIpc) is 3.18. The highest BCUT2D eigenvalue weighted by molar-refractivity contribution is 5.99. The van der Waals surface area contributed by atoms with Crippen molar-refractivity contribution in [2.24, 2.45) is 0 Å². The molecule has 1 N–H and O–H groups in total. The van der Waals surface area contributed by atoms with Crippen molar-refractivity contribution in [3.8, 4) is 17.1 Å². The number of ether oxygens (including phenoxy) is 1. The number of carbonyl (C=O) groups is 1. The van der Waals surface area contributed by atoms with Crippen molar-refractivity contribution < 1.29 is 14.1 Å². The highest BCUT2D eigenvalue weighted by Crippen LogP contribution is 2.26. The summed E-state index contributed by atoms with van der Waals surface area (Å²) < 4.78 is 10.4. The number of nitrogens with zero attached hydrogens (tertiary/aromatic N) is 1. The Kier molecular flexibility index (Phi) is 3.90. The van der Waals surface area contributed by atoms with Crippen LogP contribution in [0.5, 0.6) is 5.75 Å². The zero-order valence-corrected chi connectivity index (χ0v) is 12.0. The van der Waals surface area contributed by atoms with Crippen molar-refractivity contribution in [1.29, 1.82) is 0 Å². The van der Waals surface area contributed by atoms with E-state index >= 15 is 0 Å². The third-order valence-corrected chi connectivity index (χ3v) is 3.86. The number of hydrogen-bond donors (Lipinski definition) is 1. The summed E-state index contributed by atoms with van der Waals surface area (Å²) in [6.45, 7) is 0. The van der Waals surface area contributed by atoms with Crippen molar-refractivity contribution in [1.82, 2.24) is 10.5 Å². The largest absolute Gasteiger partial charge is 0.497 e. The first-order chi connectivity index (χ1) is 10.3. The van der Waals surface area contributed by atoms with Gasteiger partial charge in [-0.15, -0.1) is 0 Å². The molecule has 1 aromatic heterocycles. The summed E-state index contributed by atoms with van der Waals surface area (Å²) in [5, 5.41) is 6.82. The van der Waals surface area contributed by atoms with Gasteiger partial charge in [-0.3, -0.25) is 4.79 Å². The van der Waals surface area contributed by atoms with Gasteiger partial charge in [0.1, 0.15) is 11.3 Å². The molecule has 0 unspecified atom stereocenters. The second kappa shape index (κ2) is 5.99. The smallest absolute Gasteiger partial charge is 0.257 e. The molecular formula is C16H18N2O3. The number of hydrogen-bond acceptors (Lipinski definition) is 4. The van der Waals surface area contributed by atoms with E-state index in [0.29, 0.717) is 11.3 Å². The first-order valence-electron chi connectivity index (χ1n) is 7.18. The highest BCUT2D eigenvalue weighted by Gasteiger charge is 2.22. The van der Waals surface area contributed by atoms with Crippen molar-refractivity contribution in [3.05, 3.63) is 36.0 Å². The van der Waals surface area contributed by atoms with E-state index in [4.69, 9.17) is 9.26 Å². The van der Waals surface area contributed by atoms with E-state index in [1.165, 1.54) is 19.0 Å². The van der Waals surface area contributed by atoms with Crippen LogP contribution in [0.4, 0.5) is 0 Å². The second-order valence-corrected chi connectivity index (χ2v) is 5.25. The van der Waals surface area contributed by atoms with Gasteiger partial charge in [-0.2, -0.15) is 0 Å². The number of nitrogens with one attached hydrogen (secondary N) is 1. The number of carbonyl (C=O) groups excluding carboxylic acids is 1. The Morgan fingerprint density at radius 2 is 2.00 bits per heavy atom. The van der Waals surface area contributed by atoms with E-state index in [-0.39, 0.29) is 11.9 Å². The number of benzene rings is 1. The van der Waals surface area contributed by atoms with Gasteiger partial charge in [0.2, 0.25) is 0 Å². The first-order valence-corrected chi connectivity index (χ1v) is 7.18. The van der Waals surface area contributed by atoms with Crippen LogP contribution in [0.2, 0.25) is 0 Å². The second-order valence-electron chi connectivity index (χ2n) is 5.25. The van der Waals surface area contributed by atoms with Crippen LogP contribution in [-0.4, -0.2) is 24.2 Å². The zero-order chi connectivity index (χ0) is 14.7. The lowest BCUT2D eigenvalue weighted by molar-refractivity contribution is 0.0938. The van der Waals surface area contributed by atoms with Gasteiger partial charge in [0.25, 0.3) is 5.91 Å². The standard InChI is InChI=1S/C16H18N2O3/c1-20-13-8-6-11(7-9-13)15-14(10-17-21-15)16(19)18-12-4-2-3-5-12/h6-10,12H,2-5H2,1H3,(H,18,19). The third kappa shape index (κ3) is 2.91. The van der Waals surface area contributed by atoms with E-state index in [2.05, 4.69) is 10.5 Å². The van der Waals surface area contributed by atoms with Gasteiger partial charge >= 0.3 is 0 Å². The molecule has 5 heteroatoms.